The maximum absolute atomic E-state index is 7.11. The zero-order valence-electron chi connectivity index (χ0n) is 23.1. The van der Waals surface area contributed by atoms with Crippen LogP contribution in [0.1, 0.15) is 36.8 Å². The first kappa shape index (κ1) is 27.4. The van der Waals surface area contributed by atoms with Crippen LogP contribution in [0.4, 0.5) is 5.82 Å². The number of hydrogen-bond donors (Lipinski definition) is 1. The molecule has 2 aliphatic rings. The lowest BCUT2D eigenvalue weighted by molar-refractivity contribution is -0.204. The van der Waals surface area contributed by atoms with Crippen LogP contribution in [-0.4, -0.2) is 50.2 Å². The second-order valence-corrected chi connectivity index (χ2v) is 11.9. The number of aromatic nitrogens is 4. The van der Waals surface area contributed by atoms with E-state index in [9.17, 15) is 0 Å². The summed E-state index contributed by atoms with van der Waals surface area (Å²) in [5, 5.41) is 0. The molecule has 7 rings (SSSR count). The summed E-state index contributed by atoms with van der Waals surface area (Å²) in [4.78, 5) is 13.3. The van der Waals surface area contributed by atoms with Crippen LogP contribution in [0, 0.1) is 3.83 Å². The van der Waals surface area contributed by atoms with E-state index in [1.54, 1.807) is 6.33 Å². The van der Waals surface area contributed by atoms with E-state index in [2.05, 4.69) is 51.4 Å². The van der Waals surface area contributed by atoms with Gasteiger partial charge < -0.3 is 24.7 Å². The average Bonchev–Trinajstić information content (AvgIpc) is 3.66. The van der Waals surface area contributed by atoms with Gasteiger partial charge in [-0.25, -0.2) is 15.0 Å². The molecule has 10 heteroatoms. The van der Waals surface area contributed by atoms with Crippen LogP contribution in [0.2, 0.25) is 0 Å². The monoisotopic (exact) mass is 675 g/mol. The molecule has 214 valence electrons. The predicted molar refractivity (Wildman–Crippen MR) is 165 cm³/mol. The van der Waals surface area contributed by atoms with Gasteiger partial charge in [0.1, 0.15) is 29.4 Å². The highest BCUT2D eigenvalue weighted by atomic mass is 127. The number of rotatable bonds is 7. The van der Waals surface area contributed by atoms with Crippen LogP contribution in [0.15, 0.2) is 97.3 Å². The van der Waals surface area contributed by atoms with Gasteiger partial charge in [0.2, 0.25) is 0 Å². The summed E-state index contributed by atoms with van der Waals surface area (Å²) in [5.74, 6) is -0.482. The number of benzene rings is 3. The molecule has 0 aliphatic carbocycles. The van der Waals surface area contributed by atoms with Crippen molar-refractivity contribution in [1.82, 2.24) is 19.5 Å². The van der Waals surface area contributed by atoms with Gasteiger partial charge in [-0.05, 0) is 30.5 Å². The Morgan fingerprint density at radius 3 is 1.98 bits per heavy atom. The summed E-state index contributed by atoms with van der Waals surface area (Å²) in [6.07, 6.45) is -0.138. The van der Waals surface area contributed by atoms with E-state index in [0.717, 1.165) is 16.7 Å². The molecule has 2 aromatic heterocycles. The third-order valence-electron chi connectivity index (χ3n) is 7.83. The van der Waals surface area contributed by atoms with E-state index in [1.165, 1.54) is 0 Å². The van der Waals surface area contributed by atoms with E-state index in [0.29, 0.717) is 20.8 Å². The van der Waals surface area contributed by atoms with Crippen LogP contribution >= 0.6 is 22.6 Å². The SMILES string of the molecule is CC1(C)O[C@@H]2[C@H](O1)[C@@H](COC(c1ccccc1)(c1ccccc1)c1ccccc1)O[C@H]2n1cnc2c(N)nc(I)nc21. The molecule has 4 heterocycles. The number of imidazole rings is 1. The van der Waals surface area contributed by atoms with Gasteiger partial charge in [-0.2, -0.15) is 0 Å². The molecule has 0 unspecified atom stereocenters. The van der Waals surface area contributed by atoms with E-state index < -0.39 is 29.8 Å². The number of ether oxygens (including phenoxy) is 4. The molecule has 9 nitrogen and oxygen atoms in total. The lowest BCUT2D eigenvalue weighted by atomic mass is 9.80. The van der Waals surface area contributed by atoms with Crippen LogP contribution in [-0.2, 0) is 24.5 Å². The van der Waals surface area contributed by atoms with Crippen LogP contribution in [0.25, 0.3) is 11.2 Å². The Morgan fingerprint density at radius 2 is 1.40 bits per heavy atom. The van der Waals surface area contributed by atoms with Crippen molar-refractivity contribution in [2.75, 3.05) is 12.3 Å². The van der Waals surface area contributed by atoms with Crippen molar-refractivity contribution < 1.29 is 18.9 Å². The minimum absolute atomic E-state index is 0.233. The zero-order chi connectivity index (χ0) is 28.9. The van der Waals surface area contributed by atoms with Gasteiger partial charge in [0.15, 0.2) is 27.3 Å². The molecule has 2 fully saturated rings. The molecule has 5 aromatic rings. The fraction of sp³-hybridized carbons (Fsp3) is 0.281. The van der Waals surface area contributed by atoms with Crippen molar-refractivity contribution in [3.8, 4) is 0 Å². The maximum atomic E-state index is 7.11. The van der Waals surface area contributed by atoms with E-state index >= 15 is 0 Å². The Kier molecular flexibility index (Phi) is 6.98. The highest BCUT2D eigenvalue weighted by Gasteiger charge is 2.57. The van der Waals surface area contributed by atoms with Gasteiger partial charge in [-0.1, -0.05) is 91.0 Å². The van der Waals surface area contributed by atoms with E-state index in [4.69, 9.17) is 24.7 Å². The van der Waals surface area contributed by atoms with Crippen LogP contribution in [0.3, 0.4) is 0 Å². The average molecular weight is 676 g/mol. The second-order valence-electron chi connectivity index (χ2n) is 10.9. The van der Waals surface area contributed by atoms with Crippen molar-refractivity contribution in [3.63, 3.8) is 0 Å². The van der Waals surface area contributed by atoms with Crippen LogP contribution in [0.5, 0.6) is 0 Å². The molecule has 2 saturated heterocycles. The summed E-state index contributed by atoms with van der Waals surface area (Å²) < 4.78 is 29.0. The largest absolute Gasteiger partial charge is 0.382 e. The molecule has 0 amide bonds. The fourth-order valence-electron chi connectivity index (χ4n) is 6.09. The van der Waals surface area contributed by atoms with Crippen molar-refractivity contribution in [3.05, 3.63) is 118 Å². The van der Waals surface area contributed by atoms with E-state index in [-0.39, 0.29) is 12.7 Å². The highest BCUT2D eigenvalue weighted by Crippen LogP contribution is 2.46. The molecular formula is C32H30IN5O4. The number of hydrogen-bond acceptors (Lipinski definition) is 8. The van der Waals surface area contributed by atoms with Gasteiger partial charge in [0.05, 0.1) is 12.9 Å². The number of fused-ring (bicyclic) bond motifs is 2. The minimum Gasteiger partial charge on any atom is -0.382 e. The van der Waals surface area contributed by atoms with E-state index in [1.807, 2.05) is 95.6 Å². The molecule has 2 aliphatic heterocycles. The first-order valence-electron chi connectivity index (χ1n) is 13.8. The molecule has 0 radical (unpaired) electrons. The van der Waals surface area contributed by atoms with Crippen molar-refractivity contribution in [1.29, 1.82) is 0 Å². The maximum Gasteiger partial charge on any atom is 0.194 e. The summed E-state index contributed by atoms with van der Waals surface area (Å²) >= 11 is 2.05. The predicted octanol–water partition coefficient (Wildman–Crippen LogP) is 5.44. The first-order chi connectivity index (χ1) is 20.4. The highest BCUT2D eigenvalue weighted by molar-refractivity contribution is 14.1. The summed E-state index contributed by atoms with van der Waals surface area (Å²) in [7, 11) is 0. The Balaban J connectivity index is 1.29. The Bertz CT molecular complexity index is 1600. The number of halogens is 1. The molecule has 0 saturated carbocycles. The molecular weight excluding hydrogens is 645 g/mol. The quantitative estimate of drug-likeness (QED) is 0.138. The summed E-state index contributed by atoms with van der Waals surface area (Å²) in [6, 6.07) is 30.8. The van der Waals surface area contributed by atoms with Crippen molar-refractivity contribution >= 4 is 39.6 Å². The molecule has 2 N–H and O–H groups in total. The van der Waals surface area contributed by atoms with Crippen molar-refractivity contribution in [2.45, 2.75) is 49.8 Å². The van der Waals surface area contributed by atoms with Gasteiger partial charge in [-0.15, -0.1) is 0 Å². The minimum atomic E-state index is -0.894. The standard InChI is InChI=1S/C32H30IN5O4/c1-31(2)41-25-23(40-29(26(25)42-31)38-19-35-24-27(34)36-30(33)37-28(24)38)18-39-32(20-12-6-3-7-13-20,21-14-8-4-9-15-21)22-16-10-5-11-17-22/h3-17,19,23,25-26,29H,18H2,1-2H3,(H2,34,36,37)/t23-,25-,26-,29-/m1/s1. The first-order valence-corrected chi connectivity index (χ1v) is 14.9. The Hall–Kier alpha value is -3.42. The number of nitrogens with two attached hydrogens (primary N) is 1. The van der Waals surface area contributed by atoms with Gasteiger partial charge in [-0.3, -0.25) is 4.57 Å². The lowest BCUT2D eigenvalue weighted by Gasteiger charge is -2.37. The normalized spacial score (nSPS) is 23.3. The second kappa shape index (κ2) is 10.7. The van der Waals surface area contributed by atoms with Gasteiger partial charge in [0, 0.05) is 22.6 Å². The Morgan fingerprint density at radius 1 is 0.857 bits per heavy atom. The molecule has 4 atom stereocenters. The van der Waals surface area contributed by atoms with Gasteiger partial charge in [0.25, 0.3) is 0 Å². The third-order valence-corrected chi connectivity index (χ3v) is 8.31. The Labute approximate surface area is 257 Å². The smallest absolute Gasteiger partial charge is 0.194 e. The van der Waals surface area contributed by atoms with Crippen molar-refractivity contribution in [2.24, 2.45) is 0 Å². The molecule has 0 bridgehead atoms. The molecule has 42 heavy (non-hydrogen) atoms. The summed E-state index contributed by atoms with van der Waals surface area (Å²) in [5.41, 5.74) is 9.41. The molecule has 0 spiro atoms. The number of nitrogens with zero attached hydrogens (tertiary/aromatic N) is 4. The van der Waals surface area contributed by atoms with Gasteiger partial charge >= 0.3 is 0 Å². The topological polar surface area (TPSA) is 107 Å². The molecule has 3 aromatic carbocycles. The van der Waals surface area contributed by atoms with Crippen LogP contribution < -0.4 is 5.73 Å². The fourth-order valence-corrected chi connectivity index (χ4v) is 6.58. The summed E-state index contributed by atoms with van der Waals surface area (Å²) in [6.45, 7) is 4.06. The lowest BCUT2D eigenvalue weighted by Crippen LogP contribution is -2.39. The zero-order valence-corrected chi connectivity index (χ0v) is 25.3. The number of nitrogen functional groups attached to an aromatic ring is 1. The third kappa shape index (κ3) is 4.67. The number of anilines is 1.